The van der Waals surface area contributed by atoms with Gasteiger partial charge in [0, 0.05) is 0 Å². The van der Waals surface area contributed by atoms with E-state index < -0.39 is 38.7 Å². The highest BCUT2D eigenvalue weighted by atomic mass is 31.2. The van der Waals surface area contributed by atoms with Crippen LogP contribution in [0.2, 0.25) is 0 Å². The predicted octanol–water partition coefficient (Wildman–Crippen LogP) is -1.78. The average Bonchev–Trinajstić information content (AvgIpc) is 3.03. The summed E-state index contributed by atoms with van der Waals surface area (Å²) in [5.74, 6) is -3.10. The van der Waals surface area contributed by atoms with Gasteiger partial charge in [0.1, 0.15) is 30.4 Å². The fourth-order valence-electron chi connectivity index (χ4n) is 2.46. The van der Waals surface area contributed by atoms with E-state index in [9.17, 15) is 14.8 Å². The van der Waals surface area contributed by atoms with Crippen molar-refractivity contribution in [2.75, 3.05) is 12.3 Å². The van der Waals surface area contributed by atoms with Gasteiger partial charge in [-0.15, -0.1) is 0 Å². The van der Waals surface area contributed by atoms with Gasteiger partial charge in [0.2, 0.25) is 0 Å². The van der Waals surface area contributed by atoms with Crippen LogP contribution in [0.25, 0.3) is 11.2 Å². The first-order valence-electron chi connectivity index (χ1n) is 6.51. The number of ether oxygens (including phenoxy) is 1. The van der Waals surface area contributed by atoms with Gasteiger partial charge in [-0.05, 0) is 0 Å². The van der Waals surface area contributed by atoms with E-state index in [-0.39, 0.29) is 17.0 Å². The lowest BCUT2D eigenvalue weighted by Crippen LogP contribution is -2.42. The number of phosphoric ester groups is 1. The second-order valence-electron chi connectivity index (χ2n) is 5.00. The molecule has 2 aromatic rings. The maximum absolute atomic E-state index is 15.3. The standard InChI is InChI=1S/C10H13FN5O7P/c11-10(16-3-15-5-8(12)13-2-14-9(5)16)7(18)6(4(1-17)22-10)23-24(19,20)21/h2-4,6-7,17-18H,1H2,(H2,12,13,14)(H2,19,20,21)/t4-,6-,7-,10+/m1/s1. The van der Waals surface area contributed by atoms with E-state index in [4.69, 9.17) is 20.3 Å². The van der Waals surface area contributed by atoms with Crippen molar-refractivity contribution in [3.8, 4) is 0 Å². The molecule has 1 saturated heterocycles. The van der Waals surface area contributed by atoms with Crippen LogP contribution in [0.5, 0.6) is 0 Å². The lowest BCUT2D eigenvalue weighted by atomic mass is 10.1. The van der Waals surface area contributed by atoms with E-state index in [2.05, 4.69) is 19.5 Å². The topological polar surface area (TPSA) is 186 Å². The van der Waals surface area contributed by atoms with E-state index in [1.165, 1.54) is 0 Å². The summed E-state index contributed by atoms with van der Waals surface area (Å²) < 4.78 is 36.3. The van der Waals surface area contributed by atoms with Crippen LogP contribution in [0.15, 0.2) is 12.7 Å². The molecule has 1 aliphatic rings. The number of nitrogens with zero attached hydrogens (tertiary/aromatic N) is 4. The smallest absolute Gasteiger partial charge is 0.394 e. The van der Waals surface area contributed by atoms with Gasteiger partial charge >= 0.3 is 13.8 Å². The highest BCUT2D eigenvalue weighted by Gasteiger charge is 2.59. The number of aliphatic hydroxyl groups excluding tert-OH is 2. The van der Waals surface area contributed by atoms with E-state index in [1.807, 2.05) is 0 Å². The predicted molar refractivity (Wildman–Crippen MR) is 73.7 cm³/mol. The maximum atomic E-state index is 15.3. The number of alkyl halides is 1. The van der Waals surface area contributed by atoms with Crippen LogP contribution in [-0.2, 0) is 19.8 Å². The summed E-state index contributed by atoms with van der Waals surface area (Å²) in [6, 6.07) is 0. The van der Waals surface area contributed by atoms with Crippen molar-refractivity contribution in [2.24, 2.45) is 0 Å². The molecule has 4 atom stereocenters. The molecular formula is C10H13FN5O7P. The number of aliphatic hydroxyl groups is 2. The van der Waals surface area contributed by atoms with Gasteiger partial charge in [-0.25, -0.2) is 19.5 Å². The molecule has 0 radical (unpaired) electrons. The molecule has 0 aromatic carbocycles. The minimum Gasteiger partial charge on any atom is -0.394 e. The summed E-state index contributed by atoms with van der Waals surface area (Å²) in [6.07, 6.45) is -3.62. The Morgan fingerprint density at radius 3 is 2.79 bits per heavy atom. The normalized spacial score (nSPS) is 31.0. The number of aromatic nitrogens is 4. The quantitative estimate of drug-likeness (QED) is 0.385. The molecule has 0 amide bonds. The molecular weight excluding hydrogens is 352 g/mol. The average molecular weight is 365 g/mol. The molecule has 132 valence electrons. The largest absolute Gasteiger partial charge is 0.470 e. The first kappa shape index (κ1) is 17.1. The van der Waals surface area contributed by atoms with Crippen molar-refractivity contribution in [1.82, 2.24) is 19.5 Å². The third kappa shape index (κ3) is 2.65. The zero-order valence-electron chi connectivity index (χ0n) is 11.8. The monoisotopic (exact) mass is 365 g/mol. The first-order chi connectivity index (χ1) is 11.2. The van der Waals surface area contributed by atoms with Gasteiger partial charge < -0.3 is 30.5 Å². The Morgan fingerprint density at radius 2 is 2.17 bits per heavy atom. The first-order valence-corrected chi connectivity index (χ1v) is 8.04. The molecule has 2 aromatic heterocycles. The van der Waals surface area contributed by atoms with Crippen LogP contribution in [0, 0.1) is 0 Å². The lowest BCUT2D eigenvalue weighted by Gasteiger charge is -2.25. The minimum atomic E-state index is -5.08. The maximum Gasteiger partial charge on any atom is 0.470 e. The molecule has 6 N–H and O–H groups in total. The van der Waals surface area contributed by atoms with Crippen LogP contribution in [0.3, 0.4) is 0 Å². The highest BCUT2D eigenvalue weighted by molar-refractivity contribution is 7.46. The van der Waals surface area contributed by atoms with Crippen molar-refractivity contribution in [3.05, 3.63) is 12.7 Å². The number of rotatable bonds is 4. The number of nitrogens with two attached hydrogens (primary N) is 1. The number of hydrogen-bond acceptors (Lipinski definition) is 9. The molecule has 0 aliphatic carbocycles. The lowest BCUT2D eigenvalue weighted by molar-refractivity contribution is -0.235. The number of phosphoric acid groups is 1. The van der Waals surface area contributed by atoms with Crippen molar-refractivity contribution in [3.63, 3.8) is 0 Å². The van der Waals surface area contributed by atoms with Gasteiger partial charge in [-0.1, -0.05) is 0 Å². The Morgan fingerprint density at radius 1 is 1.46 bits per heavy atom. The molecule has 0 bridgehead atoms. The van der Waals surface area contributed by atoms with Gasteiger partial charge in [-0.3, -0.25) is 9.09 Å². The summed E-state index contributed by atoms with van der Waals surface area (Å²) in [5, 5.41) is 19.4. The van der Waals surface area contributed by atoms with E-state index in [0.29, 0.717) is 4.57 Å². The minimum absolute atomic E-state index is 0.0326. The van der Waals surface area contributed by atoms with E-state index >= 15 is 4.39 Å². The summed E-state index contributed by atoms with van der Waals surface area (Å²) >= 11 is 0. The van der Waals surface area contributed by atoms with Crippen LogP contribution in [0.4, 0.5) is 10.2 Å². The van der Waals surface area contributed by atoms with Gasteiger partial charge in [0.25, 0.3) is 0 Å². The van der Waals surface area contributed by atoms with Crippen LogP contribution in [-0.4, -0.2) is 64.4 Å². The van der Waals surface area contributed by atoms with Crippen LogP contribution >= 0.6 is 7.82 Å². The molecule has 12 nitrogen and oxygen atoms in total. The molecule has 3 rings (SSSR count). The molecule has 14 heteroatoms. The fourth-order valence-corrected chi connectivity index (χ4v) is 3.02. The SMILES string of the molecule is Nc1ncnc2c1ncn2[C@]1(F)O[C@H](CO)[C@@H](OP(=O)(O)O)[C@H]1O. The third-order valence-corrected chi connectivity index (χ3v) is 4.01. The highest BCUT2D eigenvalue weighted by Crippen LogP contribution is 2.46. The molecule has 0 unspecified atom stereocenters. The number of imidazole rings is 1. The second kappa shape index (κ2) is 5.67. The zero-order valence-corrected chi connectivity index (χ0v) is 12.7. The Hall–Kier alpha value is -1.73. The van der Waals surface area contributed by atoms with E-state index in [1.54, 1.807) is 0 Å². The fraction of sp³-hybridized carbons (Fsp3) is 0.500. The van der Waals surface area contributed by atoms with Gasteiger partial charge in [0.15, 0.2) is 17.6 Å². The number of halogens is 1. The molecule has 0 spiro atoms. The van der Waals surface area contributed by atoms with Crippen molar-refractivity contribution >= 4 is 24.8 Å². The van der Waals surface area contributed by atoms with Crippen LogP contribution < -0.4 is 5.73 Å². The summed E-state index contributed by atoms with van der Waals surface area (Å²) in [7, 11) is -5.08. The summed E-state index contributed by atoms with van der Waals surface area (Å²) in [5.41, 5.74) is 5.50. The molecule has 1 aliphatic heterocycles. The summed E-state index contributed by atoms with van der Waals surface area (Å²) in [4.78, 5) is 29.1. The molecule has 1 fully saturated rings. The van der Waals surface area contributed by atoms with Crippen molar-refractivity contribution in [2.45, 2.75) is 24.3 Å². The van der Waals surface area contributed by atoms with Crippen LogP contribution in [0.1, 0.15) is 0 Å². The number of anilines is 1. The Balaban J connectivity index is 2.06. The second-order valence-corrected chi connectivity index (χ2v) is 6.19. The van der Waals surface area contributed by atoms with E-state index in [0.717, 1.165) is 12.7 Å². The third-order valence-electron chi connectivity index (χ3n) is 3.49. The van der Waals surface area contributed by atoms with Crippen molar-refractivity contribution < 1.29 is 38.2 Å². The number of hydrogen-bond donors (Lipinski definition) is 5. The zero-order chi connectivity index (χ0) is 17.7. The Bertz CT molecular complexity index is 814. The molecule has 24 heavy (non-hydrogen) atoms. The van der Waals surface area contributed by atoms with Gasteiger partial charge in [0.05, 0.1) is 6.61 Å². The Labute approximate surface area is 132 Å². The molecule has 3 heterocycles. The van der Waals surface area contributed by atoms with Crippen molar-refractivity contribution in [1.29, 1.82) is 0 Å². The summed E-state index contributed by atoms with van der Waals surface area (Å²) in [6.45, 7) is -0.864. The number of fused-ring (bicyclic) bond motifs is 1. The molecule has 0 saturated carbocycles. The number of nitrogen functional groups attached to an aromatic ring is 1. The van der Waals surface area contributed by atoms with Gasteiger partial charge in [-0.2, -0.15) is 4.39 Å². The Kier molecular flexibility index (Phi) is 4.04.